The highest BCUT2D eigenvalue weighted by Crippen LogP contribution is 2.29. The fourth-order valence-electron chi connectivity index (χ4n) is 3.71. The third-order valence-electron chi connectivity index (χ3n) is 5.45. The number of amides is 2. The fourth-order valence-corrected chi connectivity index (χ4v) is 3.71. The van der Waals surface area contributed by atoms with Crippen LogP contribution in [0.3, 0.4) is 0 Å². The van der Waals surface area contributed by atoms with Crippen LogP contribution in [0.2, 0.25) is 0 Å². The summed E-state index contributed by atoms with van der Waals surface area (Å²) in [5.74, 6) is 0.534. The van der Waals surface area contributed by atoms with Gasteiger partial charge in [0.2, 0.25) is 11.8 Å². The van der Waals surface area contributed by atoms with Gasteiger partial charge in [-0.15, -0.1) is 0 Å². The molecule has 2 aliphatic heterocycles. The van der Waals surface area contributed by atoms with E-state index >= 15 is 0 Å². The lowest BCUT2D eigenvalue weighted by atomic mass is 10.1. The van der Waals surface area contributed by atoms with Crippen LogP contribution in [0.4, 0.5) is 0 Å². The predicted molar refractivity (Wildman–Crippen MR) is 97.6 cm³/mol. The minimum Gasteiger partial charge on any atom is -0.378 e. The normalized spacial score (nSPS) is 25.9. The third-order valence-corrected chi connectivity index (χ3v) is 5.45. The molecule has 2 amide bonds. The maximum Gasteiger partial charge on any atom is 0.228 e. The minimum absolute atomic E-state index is 0.0246. The molecule has 2 atom stereocenters. The Balaban J connectivity index is 1.27. The van der Waals surface area contributed by atoms with E-state index in [1.165, 1.54) is 12.8 Å². The highest BCUT2D eigenvalue weighted by molar-refractivity contribution is 5.89. The zero-order valence-corrected chi connectivity index (χ0v) is 15.6. The standard InChI is InChI=1S/C20H27N3O4/c24-19-9-16(10-23(19)11-17-3-1-2-6-21-17)20(25)22-7-8-27-18(12-22)14-26-13-15-4-5-15/h1-3,6,15-16,18H,4-5,7-14H2/t16-,18-/m0/s1. The van der Waals surface area contributed by atoms with E-state index in [-0.39, 0.29) is 30.3 Å². The molecular weight excluding hydrogens is 346 g/mol. The average Bonchev–Trinajstić information content (AvgIpc) is 3.45. The van der Waals surface area contributed by atoms with E-state index in [2.05, 4.69) is 4.98 Å². The van der Waals surface area contributed by atoms with Crippen LogP contribution in [0.1, 0.15) is 25.0 Å². The Kier molecular flexibility index (Phi) is 5.69. The molecule has 7 heteroatoms. The van der Waals surface area contributed by atoms with Gasteiger partial charge < -0.3 is 19.3 Å². The quantitative estimate of drug-likeness (QED) is 0.715. The number of morpholine rings is 1. The van der Waals surface area contributed by atoms with Crippen LogP contribution < -0.4 is 0 Å². The van der Waals surface area contributed by atoms with Gasteiger partial charge in [0.25, 0.3) is 0 Å². The molecule has 0 unspecified atom stereocenters. The molecule has 2 saturated heterocycles. The van der Waals surface area contributed by atoms with E-state index in [4.69, 9.17) is 9.47 Å². The molecule has 0 N–H and O–H groups in total. The number of hydrogen-bond acceptors (Lipinski definition) is 5. The van der Waals surface area contributed by atoms with E-state index in [0.29, 0.717) is 39.4 Å². The van der Waals surface area contributed by atoms with Gasteiger partial charge in [0, 0.05) is 38.9 Å². The van der Waals surface area contributed by atoms with Gasteiger partial charge >= 0.3 is 0 Å². The van der Waals surface area contributed by atoms with Crippen LogP contribution in [0.25, 0.3) is 0 Å². The van der Waals surface area contributed by atoms with Crippen LogP contribution in [-0.4, -0.2) is 72.2 Å². The second kappa shape index (κ2) is 8.35. The van der Waals surface area contributed by atoms with Crippen molar-refractivity contribution in [2.45, 2.75) is 31.9 Å². The summed E-state index contributed by atoms with van der Waals surface area (Å²) < 4.78 is 11.5. The zero-order valence-electron chi connectivity index (χ0n) is 15.6. The number of hydrogen-bond donors (Lipinski definition) is 0. The van der Waals surface area contributed by atoms with E-state index in [0.717, 1.165) is 18.2 Å². The van der Waals surface area contributed by atoms with Crippen molar-refractivity contribution in [3.63, 3.8) is 0 Å². The largest absolute Gasteiger partial charge is 0.378 e. The van der Waals surface area contributed by atoms with Crippen LogP contribution in [0.15, 0.2) is 24.4 Å². The molecule has 7 nitrogen and oxygen atoms in total. The first kappa shape index (κ1) is 18.4. The zero-order chi connectivity index (χ0) is 18.6. The molecule has 1 aromatic rings. The predicted octanol–water partition coefficient (Wildman–Crippen LogP) is 1.08. The van der Waals surface area contributed by atoms with Gasteiger partial charge in [-0.25, -0.2) is 0 Å². The van der Waals surface area contributed by atoms with E-state index in [1.54, 1.807) is 11.1 Å². The maximum atomic E-state index is 12.9. The molecule has 3 fully saturated rings. The van der Waals surface area contributed by atoms with Gasteiger partial charge in [-0.3, -0.25) is 14.6 Å². The minimum atomic E-state index is -0.271. The van der Waals surface area contributed by atoms with Crippen molar-refractivity contribution in [2.24, 2.45) is 11.8 Å². The van der Waals surface area contributed by atoms with E-state index < -0.39 is 0 Å². The molecule has 1 saturated carbocycles. The van der Waals surface area contributed by atoms with Crippen molar-refractivity contribution in [3.05, 3.63) is 30.1 Å². The number of pyridine rings is 1. The Bertz CT molecular complexity index is 664. The van der Waals surface area contributed by atoms with Gasteiger partial charge in [0.15, 0.2) is 0 Å². The molecule has 3 aliphatic rings. The Labute approximate surface area is 159 Å². The SMILES string of the molecule is O=C1C[C@H](C(=O)N2CCO[C@H](COCC3CC3)C2)CN1Cc1ccccn1. The lowest BCUT2D eigenvalue weighted by Gasteiger charge is -2.34. The Morgan fingerprint density at radius 1 is 1.26 bits per heavy atom. The molecule has 0 aromatic carbocycles. The molecule has 146 valence electrons. The lowest BCUT2D eigenvalue weighted by molar-refractivity contribution is -0.145. The van der Waals surface area contributed by atoms with Crippen LogP contribution >= 0.6 is 0 Å². The fraction of sp³-hybridized carbons (Fsp3) is 0.650. The third kappa shape index (κ3) is 4.84. The highest BCUT2D eigenvalue weighted by atomic mass is 16.5. The molecule has 27 heavy (non-hydrogen) atoms. The van der Waals surface area contributed by atoms with Crippen molar-refractivity contribution in [2.75, 3.05) is 39.5 Å². The Morgan fingerprint density at radius 2 is 2.15 bits per heavy atom. The topological polar surface area (TPSA) is 72.0 Å². The van der Waals surface area contributed by atoms with Crippen molar-refractivity contribution in [1.29, 1.82) is 0 Å². The number of ether oxygens (including phenoxy) is 2. The molecule has 0 spiro atoms. The smallest absolute Gasteiger partial charge is 0.228 e. The first-order chi connectivity index (χ1) is 13.2. The average molecular weight is 373 g/mol. The molecule has 1 aromatic heterocycles. The summed E-state index contributed by atoms with van der Waals surface area (Å²) in [6.07, 6.45) is 4.47. The highest BCUT2D eigenvalue weighted by Gasteiger charge is 2.38. The number of likely N-dealkylation sites (tertiary alicyclic amines) is 1. The van der Waals surface area contributed by atoms with E-state index in [1.807, 2.05) is 23.1 Å². The monoisotopic (exact) mass is 373 g/mol. The summed E-state index contributed by atoms with van der Waals surface area (Å²) in [6, 6.07) is 5.66. The second-order valence-electron chi connectivity index (χ2n) is 7.75. The van der Waals surface area contributed by atoms with Crippen molar-refractivity contribution in [1.82, 2.24) is 14.8 Å². The van der Waals surface area contributed by atoms with Crippen molar-refractivity contribution in [3.8, 4) is 0 Å². The van der Waals surface area contributed by atoms with Gasteiger partial charge in [0.05, 0.1) is 37.5 Å². The molecule has 1 aliphatic carbocycles. The summed E-state index contributed by atoms with van der Waals surface area (Å²) in [5.41, 5.74) is 0.846. The molecule has 3 heterocycles. The van der Waals surface area contributed by atoms with Gasteiger partial charge in [-0.1, -0.05) is 6.07 Å². The number of nitrogens with zero attached hydrogens (tertiary/aromatic N) is 3. The van der Waals surface area contributed by atoms with Crippen molar-refractivity contribution < 1.29 is 19.1 Å². The number of carbonyl (C=O) groups is 2. The van der Waals surface area contributed by atoms with Crippen LogP contribution in [-0.2, 0) is 25.6 Å². The molecule has 0 radical (unpaired) electrons. The molecule has 0 bridgehead atoms. The summed E-state index contributed by atoms with van der Waals surface area (Å²) in [7, 11) is 0. The summed E-state index contributed by atoms with van der Waals surface area (Å²) in [5, 5.41) is 0. The van der Waals surface area contributed by atoms with Crippen LogP contribution in [0, 0.1) is 11.8 Å². The van der Waals surface area contributed by atoms with E-state index in [9.17, 15) is 9.59 Å². The molecular formula is C20H27N3O4. The summed E-state index contributed by atoms with van der Waals surface area (Å²) in [4.78, 5) is 33.1. The van der Waals surface area contributed by atoms with Gasteiger partial charge in [-0.2, -0.15) is 0 Å². The van der Waals surface area contributed by atoms with Crippen molar-refractivity contribution >= 4 is 11.8 Å². The van der Waals surface area contributed by atoms with Crippen LogP contribution in [0.5, 0.6) is 0 Å². The molecule has 4 rings (SSSR count). The Morgan fingerprint density at radius 3 is 2.93 bits per heavy atom. The second-order valence-corrected chi connectivity index (χ2v) is 7.75. The number of aromatic nitrogens is 1. The van der Waals surface area contributed by atoms with Gasteiger partial charge in [-0.05, 0) is 30.9 Å². The maximum absolute atomic E-state index is 12.9. The summed E-state index contributed by atoms with van der Waals surface area (Å²) >= 11 is 0. The summed E-state index contributed by atoms with van der Waals surface area (Å²) in [6.45, 7) is 3.93. The number of carbonyl (C=O) groups excluding carboxylic acids is 2. The number of rotatable bonds is 7. The Hall–Kier alpha value is -1.99. The first-order valence-corrected chi connectivity index (χ1v) is 9.85. The first-order valence-electron chi connectivity index (χ1n) is 9.85. The van der Waals surface area contributed by atoms with Gasteiger partial charge in [0.1, 0.15) is 0 Å². The lowest BCUT2D eigenvalue weighted by Crippen LogP contribution is -2.49.